The maximum absolute atomic E-state index is 12.3. The fourth-order valence-corrected chi connectivity index (χ4v) is 3.22. The van der Waals surface area contributed by atoms with E-state index in [1.165, 1.54) is 17.3 Å². The normalized spacial score (nSPS) is 16.1. The first-order valence-corrected chi connectivity index (χ1v) is 7.83. The van der Waals surface area contributed by atoms with Crippen molar-refractivity contribution >= 4 is 17.2 Å². The number of carbonyl (C=O) groups is 1. The highest BCUT2D eigenvalue weighted by Gasteiger charge is 2.22. The van der Waals surface area contributed by atoms with Crippen molar-refractivity contribution in [1.29, 1.82) is 0 Å². The Morgan fingerprint density at radius 1 is 1.19 bits per heavy atom. The van der Waals surface area contributed by atoms with Crippen LogP contribution in [0.15, 0.2) is 42.0 Å². The number of amides is 1. The molecule has 0 aliphatic carbocycles. The van der Waals surface area contributed by atoms with Gasteiger partial charge in [-0.2, -0.15) is 4.73 Å². The van der Waals surface area contributed by atoms with Gasteiger partial charge >= 0.3 is 0 Å². The van der Waals surface area contributed by atoms with Crippen molar-refractivity contribution < 1.29 is 9.52 Å². The second-order valence-electron chi connectivity index (χ2n) is 5.09. The van der Waals surface area contributed by atoms with E-state index in [1.807, 2.05) is 4.90 Å². The average molecular weight is 303 g/mol. The molecule has 1 saturated heterocycles. The summed E-state index contributed by atoms with van der Waals surface area (Å²) >= 11 is 1.77. The summed E-state index contributed by atoms with van der Waals surface area (Å²) in [6.45, 7) is 4.20. The van der Waals surface area contributed by atoms with Crippen LogP contribution in [0.1, 0.15) is 15.2 Å². The van der Waals surface area contributed by atoms with Gasteiger partial charge in [0.1, 0.15) is 0 Å². The van der Waals surface area contributed by atoms with Crippen LogP contribution in [0, 0.1) is 5.21 Å². The van der Waals surface area contributed by atoms with Crippen LogP contribution < -0.4 is 4.73 Å². The van der Waals surface area contributed by atoms with E-state index in [0.29, 0.717) is 10.3 Å². The third-order valence-electron chi connectivity index (χ3n) is 3.67. The Labute approximate surface area is 127 Å². The molecule has 0 atom stereocenters. The molecule has 2 aromatic rings. The van der Waals surface area contributed by atoms with E-state index < -0.39 is 0 Å². The maximum atomic E-state index is 12.3. The van der Waals surface area contributed by atoms with Crippen LogP contribution in [0.4, 0.5) is 0 Å². The molecule has 21 heavy (non-hydrogen) atoms. The molecule has 5 nitrogen and oxygen atoms in total. The van der Waals surface area contributed by atoms with Crippen molar-refractivity contribution in [2.45, 2.75) is 6.54 Å². The van der Waals surface area contributed by atoms with Gasteiger partial charge in [-0.15, -0.1) is 11.3 Å². The van der Waals surface area contributed by atoms with Crippen LogP contribution in [-0.2, 0) is 6.54 Å². The number of pyridine rings is 1. The standard InChI is InChI=1S/C15H17N3O2S/c19-15(13-3-5-18(20)6-4-13)17-9-7-16(8-10-17)12-14-2-1-11-21-14/h1-6,11H,7-10,12H2. The molecule has 110 valence electrons. The molecule has 0 saturated carbocycles. The van der Waals surface area contributed by atoms with Crippen molar-refractivity contribution in [3.63, 3.8) is 0 Å². The molecule has 0 unspecified atom stereocenters. The summed E-state index contributed by atoms with van der Waals surface area (Å²) in [4.78, 5) is 17.9. The smallest absolute Gasteiger partial charge is 0.254 e. The highest BCUT2D eigenvalue weighted by atomic mass is 32.1. The summed E-state index contributed by atoms with van der Waals surface area (Å²) < 4.78 is 0.690. The Morgan fingerprint density at radius 2 is 1.90 bits per heavy atom. The Kier molecular flexibility index (Phi) is 4.17. The first-order chi connectivity index (χ1) is 10.2. The maximum Gasteiger partial charge on any atom is 0.254 e. The van der Waals surface area contributed by atoms with E-state index in [9.17, 15) is 10.0 Å². The van der Waals surface area contributed by atoms with E-state index in [2.05, 4.69) is 22.4 Å². The zero-order chi connectivity index (χ0) is 14.7. The van der Waals surface area contributed by atoms with Gasteiger partial charge in [-0.1, -0.05) is 6.07 Å². The minimum absolute atomic E-state index is 0.00590. The van der Waals surface area contributed by atoms with Gasteiger partial charge in [-0.3, -0.25) is 9.69 Å². The number of piperazine rings is 1. The molecule has 0 N–H and O–H groups in total. The SMILES string of the molecule is O=C(c1cc[n+]([O-])cc1)N1CCN(Cc2cccs2)CC1. The number of hydrogen-bond acceptors (Lipinski definition) is 4. The second-order valence-corrected chi connectivity index (χ2v) is 6.13. The van der Waals surface area contributed by atoms with Crippen molar-refractivity contribution in [1.82, 2.24) is 9.80 Å². The van der Waals surface area contributed by atoms with Gasteiger partial charge < -0.3 is 10.1 Å². The molecule has 1 amide bonds. The number of nitrogens with zero attached hydrogens (tertiary/aromatic N) is 3. The lowest BCUT2D eigenvalue weighted by atomic mass is 10.2. The molecular weight excluding hydrogens is 286 g/mol. The van der Waals surface area contributed by atoms with Crippen molar-refractivity contribution in [3.05, 3.63) is 57.7 Å². The lowest BCUT2D eigenvalue weighted by Crippen LogP contribution is -2.48. The molecule has 0 aromatic carbocycles. The molecule has 0 spiro atoms. The summed E-state index contributed by atoms with van der Waals surface area (Å²) in [6.07, 6.45) is 2.72. The largest absolute Gasteiger partial charge is 0.619 e. The van der Waals surface area contributed by atoms with Crippen molar-refractivity contribution in [2.75, 3.05) is 26.2 Å². The minimum atomic E-state index is 0.00590. The summed E-state index contributed by atoms with van der Waals surface area (Å²) in [5, 5.41) is 13.1. The van der Waals surface area contributed by atoms with Crippen LogP contribution in [-0.4, -0.2) is 41.9 Å². The Bertz CT molecular complexity index is 590. The van der Waals surface area contributed by atoms with Gasteiger partial charge in [0.15, 0.2) is 12.4 Å². The number of rotatable bonds is 3. The molecule has 3 heterocycles. The quantitative estimate of drug-likeness (QED) is 0.635. The van der Waals surface area contributed by atoms with E-state index in [0.717, 1.165) is 32.7 Å². The van der Waals surface area contributed by atoms with Gasteiger partial charge in [-0.25, -0.2) is 0 Å². The van der Waals surface area contributed by atoms with Crippen LogP contribution in [0.3, 0.4) is 0 Å². The van der Waals surface area contributed by atoms with Crippen LogP contribution in [0.2, 0.25) is 0 Å². The molecule has 3 rings (SSSR count). The molecule has 6 heteroatoms. The lowest BCUT2D eigenvalue weighted by molar-refractivity contribution is -0.605. The van der Waals surface area contributed by atoms with E-state index in [4.69, 9.17) is 0 Å². The Hall–Kier alpha value is -1.92. The van der Waals surface area contributed by atoms with Gasteiger partial charge in [0.25, 0.3) is 5.91 Å². The van der Waals surface area contributed by atoms with Crippen LogP contribution in [0.5, 0.6) is 0 Å². The third kappa shape index (κ3) is 3.40. The fraction of sp³-hybridized carbons (Fsp3) is 0.333. The Morgan fingerprint density at radius 3 is 2.52 bits per heavy atom. The lowest BCUT2D eigenvalue weighted by Gasteiger charge is -2.34. The Balaban J connectivity index is 1.55. The average Bonchev–Trinajstić information content (AvgIpc) is 3.01. The molecule has 1 aliphatic heterocycles. The predicted octanol–water partition coefficient (Wildman–Crippen LogP) is 1.34. The van der Waals surface area contributed by atoms with E-state index in [1.54, 1.807) is 23.5 Å². The number of thiophene rings is 1. The van der Waals surface area contributed by atoms with Crippen molar-refractivity contribution in [2.24, 2.45) is 0 Å². The van der Waals surface area contributed by atoms with Gasteiger partial charge in [0.05, 0.1) is 5.56 Å². The number of hydrogen-bond donors (Lipinski definition) is 0. The summed E-state index contributed by atoms with van der Waals surface area (Å²) in [7, 11) is 0. The summed E-state index contributed by atoms with van der Waals surface area (Å²) in [6, 6.07) is 7.36. The van der Waals surface area contributed by atoms with Crippen LogP contribution >= 0.6 is 11.3 Å². The third-order valence-corrected chi connectivity index (χ3v) is 4.53. The highest BCUT2D eigenvalue weighted by Crippen LogP contribution is 2.14. The zero-order valence-corrected chi connectivity index (χ0v) is 12.5. The minimum Gasteiger partial charge on any atom is -0.619 e. The first-order valence-electron chi connectivity index (χ1n) is 6.95. The van der Waals surface area contributed by atoms with Gasteiger partial charge in [-0.05, 0) is 11.4 Å². The topological polar surface area (TPSA) is 50.5 Å². The number of aromatic nitrogens is 1. The van der Waals surface area contributed by atoms with E-state index in [-0.39, 0.29) is 5.91 Å². The second kappa shape index (κ2) is 6.24. The fourth-order valence-electron chi connectivity index (χ4n) is 2.47. The molecule has 0 bridgehead atoms. The molecule has 0 radical (unpaired) electrons. The monoisotopic (exact) mass is 303 g/mol. The zero-order valence-electron chi connectivity index (χ0n) is 11.6. The van der Waals surface area contributed by atoms with Gasteiger partial charge in [0.2, 0.25) is 0 Å². The highest BCUT2D eigenvalue weighted by molar-refractivity contribution is 7.09. The first kappa shape index (κ1) is 14.0. The molecular formula is C15H17N3O2S. The van der Waals surface area contributed by atoms with Gasteiger partial charge in [0, 0.05) is 49.7 Å². The van der Waals surface area contributed by atoms with Crippen molar-refractivity contribution in [3.8, 4) is 0 Å². The molecule has 1 aliphatic rings. The number of carbonyl (C=O) groups excluding carboxylic acids is 1. The molecule has 2 aromatic heterocycles. The predicted molar refractivity (Wildman–Crippen MR) is 80.9 cm³/mol. The van der Waals surface area contributed by atoms with E-state index >= 15 is 0 Å². The molecule has 1 fully saturated rings. The summed E-state index contributed by atoms with van der Waals surface area (Å²) in [5.41, 5.74) is 0.578. The van der Waals surface area contributed by atoms with Crippen LogP contribution in [0.25, 0.3) is 0 Å². The summed E-state index contributed by atoms with van der Waals surface area (Å²) in [5.74, 6) is 0.00590.